The van der Waals surface area contributed by atoms with Crippen LogP contribution >= 0.6 is 0 Å². The van der Waals surface area contributed by atoms with E-state index >= 15 is 0 Å². The summed E-state index contributed by atoms with van der Waals surface area (Å²) in [5.74, 6) is 0. The second-order valence-electron chi connectivity index (χ2n) is 4.41. The molecular weight excluding hydrogens is 222 g/mol. The van der Waals surface area contributed by atoms with Crippen LogP contribution in [0.4, 0.5) is 0 Å². The first-order valence-corrected chi connectivity index (χ1v) is 6.67. The molecule has 96 valence electrons. The molecule has 0 radical (unpaired) electrons. The van der Waals surface area contributed by atoms with E-state index in [2.05, 4.69) is 54.6 Å². The van der Waals surface area contributed by atoms with Gasteiger partial charge in [-0.1, -0.05) is 31.2 Å². The van der Waals surface area contributed by atoms with Gasteiger partial charge in [0.15, 0.2) is 0 Å². The molecule has 3 nitrogen and oxygen atoms in total. The molecular formula is C15H21N3. The van der Waals surface area contributed by atoms with E-state index in [4.69, 9.17) is 0 Å². The number of nitrogens with zero attached hydrogens (tertiary/aromatic N) is 2. The van der Waals surface area contributed by atoms with Gasteiger partial charge in [0.1, 0.15) is 0 Å². The van der Waals surface area contributed by atoms with E-state index in [-0.39, 0.29) is 0 Å². The Kier molecular flexibility index (Phi) is 4.53. The average Bonchev–Trinajstić information content (AvgIpc) is 2.88. The van der Waals surface area contributed by atoms with E-state index in [9.17, 15) is 0 Å². The molecule has 0 spiro atoms. The predicted octanol–water partition coefficient (Wildman–Crippen LogP) is 3.07. The lowest BCUT2D eigenvalue weighted by Gasteiger charge is -2.07. The van der Waals surface area contributed by atoms with Gasteiger partial charge in [-0.2, -0.15) is 5.10 Å². The van der Waals surface area contributed by atoms with Crippen LogP contribution in [0.15, 0.2) is 36.5 Å². The zero-order valence-electron chi connectivity index (χ0n) is 11.2. The van der Waals surface area contributed by atoms with Crippen LogP contribution < -0.4 is 5.32 Å². The summed E-state index contributed by atoms with van der Waals surface area (Å²) in [5.41, 5.74) is 3.74. The molecule has 0 atom stereocenters. The monoisotopic (exact) mass is 243 g/mol. The fourth-order valence-electron chi connectivity index (χ4n) is 2.03. The smallest absolute Gasteiger partial charge is 0.0682 e. The van der Waals surface area contributed by atoms with Gasteiger partial charge < -0.3 is 5.32 Å². The van der Waals surface area contributed by atoms with Gasteiger partial charge in [-0.15, -0.1) is 0 Å². The lowest BCUT2D eigenvalue weighted by Crippen LogP contribution is -2.13. The van der Waals surface area contributed by atoms with Crippen LogP contribution in [0.25, 0.3) is 11.3 Å². The van der Waals surface area contributed by atoms with E-state index in [0.717, 1.165) is 19.6 Å². The molecule has 1 aromatic heterocycles. The van der Waals surface area contributed by atoms with Gasteiger partial charge in [-0.05, 0) is 37.1 Å². The first-order chi connectivity index (χ1) is 8.85. The quantitative estimate of drug-likeness (QED) is 0.790. The van der Waals surface area contributed by atoms with Crippen molar-refractivity contribution < 1.29 is 0 Å². The Morgan fingerprint density at radius 3 is 2.56 bits per heavy atom. The van der Waals surface area contributed by atoms with Crippen LogP contribution in [-0.4, -0.2) is 16.3 Å². The van der Waals surface area contributed by atoms with E-state index in [1.165, 1.54) is 23.2 Å². The van der Waals surface area contributed by atoms with E-state index in [1.54, 1.807) is 0 Å². The minimum absolute atomic E-state index is 0.905. The molecule has 2 rings (SSSR count). The van der Waals surface area contributed by atoms with Gasteiger partial charge in [-0.3, -0.25) is 4.68 Å². The molecule has 0 fully saturated rings. The maximum Gasteiger partial charge on any atom is 0.0682 e. The Balaban J connectivity index is 2.07. The summed E-state index contributed by atoms with van der Waals surface area (Å²) in [5, 5.41) is 7.71. The molecule has 0 aliphatic heterocycles. The van der Waals surface area contributed by atoms with Crippen molar-refractivity contribution in [3.05, 3.63) is 42.1 Å². The highest BCUT2D eigenvalue weighted by Gasteiger charge is 2.03. The number of hydrogen-bond acceptors (Lipinski definition) is 2. The van der Waals surface area contributed by atoms with Gasteiger partial charge in [0, 0.05) is 19.3 Å². The number of aromatic nitrogens is 2. The molecule has 0 aliphatic rings. The van der Waals surface area contributed by atoms with Crippen molar-refractivity contribution in [2.75, 3.05) is 6.54 Å². The van der Waals surface area contributed by atoms with E-state index < -0.39 is 0 Å². The van der Waals surface area contributed by atoms with Crippen molar-refractivity contribution in [1.29, 1.82) is 0 Å². The second kappa shape index (κ2) is 6.36. The van der Waals surface area contributed by atoms with Gasteiger partial charge >= 0.3 is 0 Å². The van der Waals surface area contributed by atoms with Gasteiger partial charge in [0.2, 0.25) is 0 Å². The minimum Gasteiger partial charge on any atom is -0.313 e. The third kappa shape index (κ3) is 2.99. The molecule has 0 bridgehead atoms. The maximum absolute atomic E-state index is 4.30. The average molecular weight is 243 g/mol. The van der Waals surface area contributed by atoms with Crippen LogP contribution in [0, 0.1) is 0 Å². The fraction of sp³-hybridized carbons (Fsp3) is 0.400. The molecule has 1 heterocycles. The summed E-state index contributed by atoms with van der Waals surface area (Å²) in [6.07, 6.45) is 3.03. The Bertz CT molecular complexity index is 471. The summed E-state index contributed by atoms with van der Waals surface area (Å²) in [7, 11) is 0. The Morgan fingerprint density at radius 2 is 1.89 bits per heavy atom. The topological polar surface area (TPSA) is 29.9 Å². The number of nitrogens with one attached hydrogen (secondary N) is 1. The molecule has 1 N–H and O–H groups in total. The van der Waals surface area contributed by atoms with Crippen molar-refractivity contribution in [3.8, 4) is 11.3 Å². The minimum atomic E-state index is 0.905. The first kappa shape index (κ1) is 12.8. The second-order valence-corrected chi connectivity index (χ2v) is 4.41. The summed E-state index contributed by atoms with van der Waals surface area (Å²) in [6, 6.07) is 10.8. The van der Waals surface area contributed by atoms with Crippen LogP contribution in [0.2, 0.25) is 0 Å². The largest absolute Gasteiger partial charge is 0.313 e. The zero-order valence-corrected chi connectivity index (χ0v) is 11.2. The van der Waals surface area contributed by atoms with Crippen LogP contribution in [0.5, 0.6) is 0 Å². The molecule has 18 heavy (non-hydrogen) atoms. The van der Waals surface area contributed by atoms with Crippen molar-refractivity contribution in [2.24, 2.45) is 0 Å². The Morgan fingerprint density at radius 1 is 1.11 bits per heavy atom. The van der Waals surface area contributed by atoms with Crippen molar-refractivity contribution in [1.82, 2.24) is 15.1 Å². The fourth-order valence-corrected chi connectivity index (χ4v) is 2.03. The highest BCUT2D eigenvalue weighted by Crippen LogP contribution is 2.19. The van der Waals surface area contributed by atoms with Crippen molar-refractivity contribution in [2.45, 2.75) is 33.4 Å². The van der Waals surface area contributed by atoms with Crippen LogP contribution in [0.1, 0.15) is 25.8 Å². The Labute approximate surface area is 109 Å². The maximum atomic E-state index is 4.30. The third-order valence-corrected chi connectivity index (χ3v) is 3.02. The molecule has 3 heteroatoms. The zero-order chi connectivity index (χ0) is 12.8. The molecule has 0 saturated heterocycles. The number of rotatable bonds is 6. The number of aryl methyl sites for hydroxylation is 1. The molecule has 0 amide bonds. The number of benzene rings is 1. The highest BCUT2D eigenvalue weighted by molar-refractivity contribution is 5.59. The van der Waals surface area contributed by atoms with Crippen molar-refractivity contribution >= 4 is 0 Å². The van der Waals surface area contributed by atoms with Gasteiger partial charge in [0.25, 0.3) is 0 Å². The standard InChI is InChI=1S/C15H21N3/c1-3-10-16-12-13-5-7-14(8-6-13)15-9-11-17-18(15)4-2/h5-9,11,16H,3-4,10,12H2,1-2H3. The number of hydrogen-bond donors (Lipinski definition) is 1. The lowest BCUT2D eigenvalue weighted by atomic mass is 10.1. The summed E-state index contributed by atoms with van der Waals surface area (Å²) >= 11 is 0. The summed E-state index contributed by atoms with van der Waals surface area (Å²) in [4.78, 5) is 0. The van der Waals surface area contributed by atoms with Gasteiger partial charge in [-0.25, -0.2) is 0 Å². The summed E-state index contributed by atoms with van der Waals surface area (Å²) in [6.45, 7) is 7.22. The van der Waals surface area contributed by atoms with E-state index in [0.29, 0.717) is 0 Å². The Hall–Kier alpha value is -1.61. The first-order valence-electron chi connectivity index (χ1n) is 6.67. The molecule has 2 aromatic rings. The third-order valence-electron chi connectivity index (χ3n) is 3.02. The molecule has 0 unspecified atom stereocenters. The molecule has 0 aliphatic carbocycles. The van der Waals surface area contributed by atoms with Crippen LogP contribution in [-0.2, 0) is 13.1 Å². The predicted molar refractivity (Wildman–Crippen MR) is 75.3 cm³/mol. The van der Waals surface area contributed by atoms with Crippen molar-refractivity contribution in [3.63, 3.8) is 0 Å². The molecule has 0 saturated carbocycles. The lowest BCUT2D eigenvalue weighted by molar-refractivity contribution is 0.666. The summed E-state index contributed by atoms with van der Waals surface area (Å²) < 4.78 is 2.02. The SMILES string of the molecule is CCCNCc1ccc(-c2ccnn2CC)cc1. The van der Waals surface area contributed by atoms with Gasteiger partial charge in [0.05, 0.1) is 5.69 Å². The van der Waals surface area contributed by atoms with E-state index in [1.807, 2.05) is 10.9 Å². The molecule has 1 aromatic carbocycles. The van der Waals surface area contributed by atoms with Crippen LogP contribution in [0.3, 0.4) is 0 Å². The highest BCUT2D eigenvalue weighted by atomic mass is 15.3. The normalized spacial score (nSPS) is 10.8.